The van der Waals surface area contributed by atoms with E-state index >= 15 is 0 Å². The van der Waals surface area contributed by atoms with Crippen LogP contribution < -0.4 is 0 Å². The van der Waals surface area contributed by atoms with Crippen LogP contribution in [0.5, 0.6) is 0 Å². The van der Waals surface area contributed by atoms with E-state index in [9.17, 15) is 15.2 Å². The second kappa shape index (κ2) is 6.29. The van der Waals surface area contributed by atoms with Gasteiger partial charge in [0.15, 0.2) is 0 Å². The van der Waals surface area contributed by atoms with Gasteiger partial charge in [0.2, 0.25) is 0 Å². The number of hydrogen-bond acceptors (Lipinski definition) is 5. The van der Waals surface area contributed by atoms with E-state index in [1.165, 1.54) is 12.1 Å². The van der Waals surface area contributed by atoms with Crippen molar-refractivity contribution in [2.24, 2.45) is 0 Å². The highest BCUT2D eigenvalue weighted by molar-refractivity contribution is 5.35. The summed E-state index contributed by atoms with van der Waals surface area (Å²) >= 11 is 0. The van der Waals surface area contributed by atoms with Crippen LogP contribution in [0.1, 0.15) is 11.7 Å². The van der Waals surface area contributed by atoms with Gasteiger partial charge in [-0.25, -0.2) is 0 Å². The number of nitro benzene ring substituents is 1. The predicted molar refractivity (Wildman–Crippen MR) is 62.6 cm³/mol. The summed E-state index contributed by atoms with van der Waals surface area (Å²) in [5, 5.41) is 29.2. The molecule has 94 valence electrons. The minimum absolute atomic E-state index is 0.0121. The maximum absolute atomic E-state index is 10.6. The fourth-order valence-electron chi connectivity index (χ4n) is 1.51. The minimum atomic E-state index is -0.800. The van der Waals surface area contributed by atoms with Crippen LogP contribution in [0.4, 0.5) is 5.69 Å². The lowest BCUT2D eigenvalue weighted by atomic mass is 10.1. The number of non-ortho nitro benzene ring substituents is 1. The van der Waals surface area contributed by atoms with Gasteiger partial charge in [0, 0.05) is 25.2 Å². The summed E-state index contributed by atoms with van der Waals surface area (Å²) in [6.45, 7) is 0.784. The molecule has 0 bridgehead atoms. The zero-order valence-electron chi connectivity index (χ0n) is 9.61. The molecule has 0 aromatic heterocycles. The van der Waals surface area contributed by atoms with Crippen molar-refractivity contribution < 1.29 is 15.1 Å². The molecule has 6 heteroatoms. The number of likely N-dealkylation sites (N-methyl/N-ethyl adjacent to an activating group) is 1. The third kappa shape index (κ3) is 4.10. The number of aliphatic hydroxyl groups excluding tert-OH is 2. The van der Waals surface area contributed by atoms with Crippen LogP contribution in [-0.2, 0) is 0 Å². The Morgan fingerprint density at radius 2 is 2.24 bits per heavy atom. The average Bonchev–Trinajstić information content (AvgIpc) is 2.29. The van der Waals surface area contributed by atoms with Crippen molar-refractivity contribution in [1.82, 2.24) is 4.90 Å². The molecule has 1 unspecified atom stereocenters. The topological polar surface area (TPSA) is 86.8 Å². The number of nitro groups is 1. The number of nitrogens with zero attached hydrogens (tertiary/aromatic N) is 2. The Morgan fingerprint density at radius 1 is 1.53 bits per heavy atom. The first-order chi connectivity index (χ1) is 8.04. The van der Waals surface area contributed by atoms with E-state index < -0.39 is 11.0 Å². The maximum Gasteiger partial charge on any atom is 0.269 e. The van der Waals surface area contributed by atoms with Crippen LogP contribution in [0.3, 0.4) is 0 Å². The van der Waals surface area contributed by atoms with E-state index in [4.69, 9.17) is 5.11 Å². The number of rotatable bonds is 6. The fourth-order valence-corrected chi connectivity index (χ4v) is 1.51. The Morgan fingerprint density at radius 3 is 2.82 bits per heavy atom. The van der Waals surface area contributed by atoms with Crippen molar-refractivity contribution in [3.05, 3.63) is 39.9 Å². The first kappa shape index (κ1) is 13.6. The molecule has 0 spiro atoms. The normalized spacial score (nSPS) is 12.7. The Balaban J connectivity index is 2.71. The van der Waals surface area contributed by atoms with Crippen LogP contribution in [0.25, 0.3) is 0 Å². The molecule has 1 aromatic rings. The molecule has 17 heavy (non-hydrogen) atoms. The van der Waals surface area contributed by atoms with Crippen LogP contribution in [0, 0.1) is 10.1 Å². The van der Waals surface area contributed by atoms with Crippen LogP contribution in [0.15, 0.2) is 24.3 Å². The Kier molecular flexibility index (Phi) is 5.02. The van der Waals surface area contributed by atoms with E-state index in [-0.39, 0.29) is 12.3 Å². The van der Waals surface area contributed by atoms with Crippen molar-refractivity contribution in [2.45, 2.75) is 6.10 Å². The highest BCUT2D eigenvalue weighted by atomic mass is 16.6. The van der Waals surface area contributed by atoms with E-state index in [1.807, 2.05) is 0 Å². The molecule has 0 saturated heterocycles. The molecule has 1 aromatic carbocycles. The van der Waals surface area contributed by atoms with Crippen LogP contribution in [0.2, 0.25) is 0 Å². The second-order valence-corrected chi connectivity index (χ2v) is 3.85. The summed E-state index contributed by atoms with van der Waals surface area (Å²) in [7, 11) is 1.76. The van der Waals surface area contributed by atoms with Gasteiger partial charge >= 0.3 is 0 Å². The predicted octanol–water partition coefficient (Wildman–Crippen LogP) is 0.552. The molecule has 1 rings (SSSR count). The van der Waals surface area contributed by atoms with Crippen molar-refractivity contribution in [3.63, 3.8) is 0 Å². The van der Waals surface area contributed by atoms with Gasteiger partial charge in [0.25, 0.3) is 5.69 Å². The molecule has 1 atom stereocenters. The van der Waals surface area contributed by atoms with Gasteiger partial charge in [-0.15, -0.1) is 0 Å². The van der Waals surface area contributed by atoms with Crippen molar-refractivity contribution >= 4 is 5.69 Å². The Bertz CT molecular complexity index is 383. The van der Waals surface area contributed by atoms with Crippen molar-refractivity contribution in [2.75, 3.05) is 26.7 Å². The molecular weight excluding hydrogens is 224 g/mol. The van der Waals surface area contributed by atoms with Crippen molar-refractivity contribution in [1.29, 1.82) is 0 Å². The highest BCUT2D eigenvalue weighted by Crippen LogP contribution is 2.19. The van der Waals surface area contributed by atoms with E-state index in [0.717, 1.165) is 0 Å². The quantitative estimate of drug-likeness (QED) is 0.560. The second-order valence-electron chi connectivity index (χ2n) is 3.85. The molecule has 0 heterocycles. The molecule has 2 N–H and O–H groups in total. The Labute approximate surface area is 99.3 Å². The molecule has 0 fully saturated rings. The molecule has 0 aliphatic heterocycles. The van der Waals surface area contributed by atoms with Gasteiger partial charge in [-0.2, -0.15) is 0 Å². The van der Waals surface area contributed by atoms with Gasteiger partial charge in [-0.05, 0) is 12.6 Å². The third-order valence-corrected chi connectivity index (χ3v) is 2.43. The van der Waals surface area contributed by atoms with Crippen LogP contribution in [-0.4, -0.2) is 46.8 Å². The van der Waals surface area contributed by atoms with Gasteiger partial charge in [0.05, 0.1) is 17.6 Å². The molecule has 0 radical (unpaired) electrons. The van der Waals surface area contributed by atoms with Crippen LogP contribution >= 0.6 is 0 Å². The zero-order chi connectivity index (χ0) is 12.8. The zero-order valence-corrected chi connectivity index (χ0v) is 9.61. The van der Waals surface area contributed by atoms with Gasteiger partial charge in [-0.3, -0.25) is 10.1 Å². The smallest absolute Gasteiger partial charge is 0.269 e. The third-order valence-electron chi connectivity index (χ3n) is 2.43. The van der Waals surface area contributed by atoms with Gasteiger partial charge in [-0.1, -0.05) is 12.1 Å². The first-order valence-corrected chi connectivity index (χ1v) is 5.26. The number of benzene rings is 1. The van der Waals surface area contributed by atoms with E-state index in [2.05, 4.69) is 0 Å². The SMILES string of the molecule is CN(CCO)CC(O)c1cccc([N+](=O)[O-])c1. The molecule has 6 nitrogen and oxygen atoms in total. The highest BCUT2D eigenvalue weighted by Gasteiger charge is 2.13. The largest absolute Gasteiger partial charge is 0.395 e. The van der Waals surface area contributed by atoms with Gasteiger partial charge in [0.1, 0.15) is 0 Å². The van der Waals surface area contributed by atoms with E-state index in [1.54, 1.807) is 24.1 Å². The first-order valence-electron chi connectivity index (χ1n) is 5.26. The summed E-state index contributed by atoms with van der Waals surface area (Å²) in [6, 6.07) is 5.93. The lowest BCUT2D eigenvalue weighted by Crippen LogP contribution is -2.27. The number of hydrogen-bond donors (Lipinski definition) is 2. The lowest BCUT2D eigenvalue weighted by Gasteiger charge is -2.19. The summed E-state index contributed by atoms with van der Waals surface area (Å²) in [5.74, 6) is 0. The average molecular weight is 240 g/mol. The molecular formula is C11H16N2O4. The Hall–Kier alpha value is -1.50. The fraction of sp³-hybridized carbons (Fsp3) is 0.455. The standard InChI is InChI=1S/C11H16N2O4/c1-12(5-6-14)8-11(15)9-3-2-4-10(7-9)13(16)17/h2-4,7,11,14-15H,5-6,8H2,1H3. The summed E-state index contributed by atoms with van der Waals surface area (Å²) in [4.78, 5) is 11.8. The molecule has 0 saturated carbocycles. The summed E-state index contributed by atoms with van der Waals surface area (Å²) < 4.78 is 0. The minimum Gasteiger partial charge on any atom is -0.395 e. The van der Waals surface area contributed by atoms with Gasteiger partial charge < -0.3 is 15.1 Å². The maximum atomic E-state index is 10.6. The van der Waals surface area contributed by atoms with Crippen molar-refractivity contribution in [3.8, 4) is 0 Å². The summed E-state index contributed by atoms with van der Waals surface area (Å²) in [6.07, 6.45) is -0.800. The number of aliphatic hydroxyl groups is 2. The van der Waals surface area contributed by atoms with E-state index in [0.29, 0.717) is 18.7 Å². The molecule has 0 amide bonds. The molecule has 0 aliphatic rings. The molecule has 0 aliphatic carbocycles. The summed E-state index contributed by atoms with van der Waals surface area (Å²) in [5.41, 5.74) is 0.468. The lowest BCUT2D eigenvalue weighted by molar-refractivity contribution is -0.385. The monoisotopic (exact) mass is 240 g/mol.